The van der Waals surface area contributed by atoms with Crippen molar-refractivity contribution >= 4 is 27.1 Å². The largest absolute Gasteiger partial charge is 0.493 e. The highest BCUT2D eigenvalue weighted by molar-refractivity contribution is 7.90. The Bertz CT molecular complexity index is 2190. The zero-order valence-electron chi connectivity index (χ0n) is 26.8. The minimum absolute atomic E-state index is 0.00352. The second-order valence-corrected chi connectivity index (χ2v) is 13.0. The zero-order valence-corrected chi connectivity index (χ0v) is 27.6. The van der Waals surface area contributed by atoms with Crippen molar-refractivity contribution in [2.24, 2.45) is 0 Å². The summed E-state index contributed by atoms with van der Waals surface area (Å²) in [6.07, 6.45) is 0.765. The molecule has 0 unspecified atom stereocenters. The van der Waals surface area contributed by atoms with Gasteiger partial charge in [0.2, 0.25) is 0 Å². The minimum Gasteiger partial charge on any atom is -0.493 e. The number of carbonyl (C=O) groups excluding carboxylic acids is 1. The number of hydrogen-bond donors (Lipinski definition) is 1. The lowest BCUT2D eigenvalue weighted by molar-refractivity contribution is 0.0977. The molecule has 6 rings (SSSR count). The summed E-state index contributed by atoms with van der Waals surface area (Å²) in [6, 6.07) is 31.4. The molecule has 6 aromatic rings. The average molecular weight is 645 g/mol. The van der Waals surface area contributed by atoms with Gasteiger partial charge in [-0.2, -0.15) is 0 Å². The third kappa shape index (κ3) is 6.53. The summed E-state index contributed by atoms with van der Waals surface area (Å²) < 4.78 is 37.7. The maximum atomic E-state index is 13.9. The van der Waals surface area contributed by atoms with E-state index in [0.717, 1.165) is 51.4 Å². The Hall–Kier alpha value is -5.28. The van der Waals surface area contributed by atoms with E-state index in [-0.39, 0.29) is 10.5 Å². The number of fused-ring (bicyclic) bond motifs is 1. The Morgan fingerprint density at radius 3 is 2.23 bits per heavy atom. The first-order chi connectivity index (χ1) is 22.7. The highest BCUT2D eigenvalue weighted by atomic mass is 32.2. The molecule has 0 aliphatic rings. The van der Waals surface area contributed by atoms with E-state index < -0.39 is 15.9 Å². The van der Waals surface area contributed by atoms with Crippen LogP contribution in [0.3, 0.4) is 0 Å². The summed E-state index contributed by atoms with van der Waals surface area (Å²) in [7, 11) is -4.29. The van der Waals surface area contributed by atoms with Crippen molar-refractivity contribution in [2.75, 3.05) is 6.61 Å². The molecule has 238 valence electrons. The molecule has 0 fully saturated rings. The lowest BCUT2D eigenvalue weighted by atomic mass is 9.98. The Balaban J connectivity index is 1.38. The van der Waals surface area contributed by atoms with Crippen LogP contribution in [0.5, 0.6) is 5.75 Å². The minimum atomic E-state index is -4.29. The SMILES string of the molecule is CCOc1ccccc1C(=O)NS(=O)(=O)c1ccc(-c2ccccc2)cc1-c1ccc(Cn2c(CC)nc3c(C)cc(C)nc32)cc1. The Kier molecular flexibility index (Phi) is 8.91. The van der Waals surface area contributed by atoms with Crippen LogP contribution in [0, 0.1) is 13.8 Å². The van der Waals surface area contributed by atoms with Crippen LogP contribution >= 0.6 is 0 Å². The van der Waals surface area contributed by atoms with Gasteiger partial charge < -0.3 is 9.30 Å². The van der Waals surface area contributed by atoms with Crippen molar-refractivity contribution in [3.8, 4) is 28.0 Å². The molecule has 4 aromatic carbocycles. The molecule has 2 heterocycles. The second kappa shape index (κ2) is 13.2. The number of hydrogen-bond acceptors (Lipinski definition) is 6. The van der Waals surface area contributed by atoms with Crippen LogP contribution in [0.15, 0.2) is 108 Å². The van der Waals surface area contributed by atoms with Crippen molar-refractivity contribution in [2.45, 2.75) is 45.6 Å². The molecule has 47 heavy (non-hydrogen) atoms. The lowest BCUT2D eigenvalue weighted by Gasteiger charge is -2.16. The molecule has 0 atom stereocenters. The van der Waals surface area contributed by atoms with Gasteiger partial charge in [-0.25, -0.2) is 23.1 Å². The normalized spacial score (nSPS) is 11.5. The fourth-order valence-electron chi connectivity index (χ4n) is 5.82. The number of para-hydroxylation sites is 1. The number of aromatic nitrogens is 3. The maximum Gasteiger partial charge on any atom is 0.268 e. The van der Waals surface area contributed by atoms with Gasteiger partial charge in [0.1, 0.15) is 17.1 Å². The van der Waals surface area contributed by atoms with E-state index in [1.807, 2.05) is 73.7 Å². The van der Waals surface area contributed by atoms with Gasteiger partial charge >= 0.3 is 0 Å². The molecule has 8 nitrogen and oxygen atoms in total. The molecule has 0 radical (unpaired) electrons. The molecule has 0 aliphatic heterocycles. The second-order valence-electron chi connectivity index (χ2n) is 11.4. The zero-order chi connectivity index (χ0) is 33.1. The molecule has 1 N–H and O–H groups in total. The number of carbonyl (C=O) groups is 1. The third-order valence-electron chi connectivity index (χ3n) is 8.06. The number of pyridine rings is 1. The van der Waals surface area contributed by atoms with Crippen LogP contribution < -0.4 is 9.46 Å². The molecule has 9 heteroatoms. The number of nitrogens with zero attached hydrogens (tertiary/aromatic N) is 3. The number of benzene rings is 4. The average Bonchev–Trinajstić information content (AvgIpc) is 3.42. The fourth-order valence-corrected chi connectivity index (χ4v) is 7.00. The van der Waals surface area contributed by atoms with Crippen LogP contribution in [0.4, 0.5) is 0 Å². The van der Waals surface area contributed by atoms with Gasteiger partial charge in [0, 0.05) is 17.7 Å². The van der Waals surface area contributed by atoms with Crippen LogP contribution in [-0.2, 0) is 23.0 Å². The van der Waals surface area contributed by atoms with E-state index >= 15 is 0 Å². The smallest absolute Gasteiger partial charge is 0.268 e. The fraction of sp³-hybridized carbons (Fsp3) is 0.184. The molecule has 0 bridgehead atoms. The summed E-state index contributed by atoms with van der Waals surface area (Å²) in [5.74, 6) is 0.507. The molecular weight excluding hydrogens is 609 g/mol. The number of rotatable bonds is 10. The van der Waals surface area contributed by atoms with Gasteiger partial charge in [0.25, 0.3) is 15.9 Å². The Labute approximate surface area is 275 Å². The highest BCUT2D eigenvalue weighted by Gasteiger charge is 2.25. The summed E-state index contributed by atoms with van der Waals surface area (Å²) in [6.45, 7) is 8.83. The van der Waals surface area contributed by atoms with E-state index in [0.29, 0.717) is 30.0 Å². The van der Waals surface area contributed by atoms with Gasteiger partial charge in [-0.15, -0.1) is 0 Å². The van der Waals surface area contributed by atoms with Crippen molar-refractivity contribution in [1.29, 1.82) is 0 Å². The molecular formula is C38H36N4O4S. The van der Waals surface area contributed by atoms with Crippen LogP contribution in [0.25, 0.3) is 33.4 Å². The number of imidazole rings is 1. The number of nitrogens with one attached hydrogen (secondary N) is 1. The van der Waals surface area contributed by atoms with Gasteiger partial charge in [-0.3, -0.25) is 4.79 Å². The van der Waals surface area contributed by atoms with Gasteiger partial charge in [-0.05, 0) is 78.9 Å². The van der Waals surface area contributed by atoms with E-state index in [2.05, 4.69) is 23.1 Å². The summed E-state index contributed by atoms with van der Waals surface area (Å²) >= 11 is 0. The molecule has 0 saturated carbocycles. The molecule has 0 spiro atoms. The van der Waals surface area contributed by atoms with Crippen molar-refractivity contribution < 1.29 is 17.9 Å². The maximum absolute atomic E-state index is 13.9. The highest BCUT2D eigenvalue weighted by Crippen LogP contribution is 2.33. The first kappa shape index (κ1) is 31.7. The topological polar surface area (TPSA) is 103 Å². The number of sulfonamides is 1. The first-order valence-electron chi connectivity index (χ1n) is 15.6. The molecule has 1 amide bonds. The Morgan fingerprint density at radius 2 is 1.51 bits per heavy atom. The van der Waals surface area contributed by atoms with Crippen molar-refractivity contribution in [3.05, 3.63) is 131 Å². The summed E-state index contributed by atoms with van der Waals surface area (Å²) in [4.78, 5) is 22.9. The van der Waals surface area contributed by atoms with Crippen LogP contribution in [-0.4, -0.2) is 35.5 Å². The monoisotopic (exact) mass is 644 g/mol. The molecule has 2 aromatic heterocycles. The van der Waals surface area contributed by atoms with Crippen molar-refractivity contribution in [3.63, 3.8) is 0 Å². The van der Waals surface area contributed by atoms with Crippen LogP contribution in [0.2, 0.25) is 0 Å². The number of aryl methyl sites for hydroxylation is 3. The lowest BCUT2D eigenvalue weighted by Crippen LogP contribution is -2.31. The van der Waals surface area contributed by atoms with Gasteiger partial charge in [-0.1, -0.05) is 79.7 Å². The van der Waals surface area contributed by atoms with E-state index in [9.17, 15) is 13.2 Å². The summed E-state index contributed by atoms with van der Waals surface area (Å²) in [5.41, 5.74) is 7.93. The van der Waals surface area contributed by atoms with E-state index in [1.54, 1.807) is 43.3 Å². The Morgan fingerprint density at radius 1 is 0.809 bits per heavy atom. The first-order valence-corrected chi connectivity index (χ1v) is 17.1. The standard InChI is InChI=1S/C38H36N4O4S/c1-5-35-40-36-25(3)22-26(4)39-37(36)42(35)24-27-16-18-29(19-17-27)32-23-30(28-12-8-7-9-13-28)20-21-34(32)47(44,45)41-38(43)31-14-10-11-15-33(31)46-6-2/h7-23H,5-6,24H2,1-4H3,(H,41,43). The predicted octanol–water partition coefficient (Wildman–Crippen LogP) is 7.51. The number of ether oxygens (including phenoxy) is 1. The molecule has 0 aliphatic carbocycles. The summed E-state index contributed by atoms with van der Waals surface area (Å²) in [5, 5.41) is 0. The number of amides is 1. The van der Waals surface area contributed by atoms with Gasteiger partial charge in [0.15, 0.2) is 5.65 Å². The molecule has 0 saturated heterocycles. The quantitative estimate of drug-likeness (QED) is 0.166. The predicted molar refractivity (Wildman–Crippen MR) is 185 cm³/mol. The van der Waals surface area contributed by atoms with Crippen LogP contribution in [0.1, 0.15) is 46.9 Å². The third-order valence-corrected chi connectivity index (χ3v) is 9.45. The van der Waals surface area contributed by atoms with E-state index in [1.165, 1.54) is 0 Å². The van der Waals surface area contributed by atoms with Gasteiger partial charge in [0.05, 0.1) is 23.6 Å². The van der Waals surface area contributed by atoms with Crippen molar-refractivity contribution in [1.82, 2.24) is 19.3 Å². The van der Waals surface area contributed by atoms with E-state index in [4.69, 9.17) is 14.7 Å².